The van der Waals surface area contributed by atoms with E-state index in [9.17, 15) is 14.0 Å². The van der Waals surface area contributed by atoms with Crippen LogP contribution in [0, 0.1) is 12.7 Å². The number of hydrogen-bond acceptors (Lipinski definition) is 3. The predicted molar refractivity (Wildman–Crippen MR) is 105 cm³/mol. The lowest BCUT2D eigenvalue weighted by atomic mass is 10.2. The van der Waals surface area contributed by atoms with Crippen LogP contribution in [0.3, 0.4) is 0 Å². The van der Waals surface area contributed by atoms with Crippen LogP contribution in [-0.2, 0) is 17.9 Å². The van der Waals surface area contributed by atoms with Gasteiger partial charge in [0.15, 0.2) is 0 Å². The number of halogens is 1. The molecule has 0 radical (unpaired) electrons. The predicted octanol–water partition coefficient (Wildman–Crippen LogP) is 3.03. The highest BCUT2D eigenvalue weighted by Gasteiger charge is 2.12. The SMILES string of the molecule is Cc1ccc2[nH]c3c(=O)n(CCC(=O)NCc4ccc(F)cc4)cnc3c2c1. The summed E-state index contributed by atoms with van der Waals surface area (Å²) in [6, 6.07) is 11.8. The minimum Gasteiger partial charge on any atom is -0.352 e. The maximum absolute atomic E-state index is 12.9. The van der Waals surface area contributed by atoms with Gasteiger partial charge in [0, 0.05) is 30.4 Å². The normalized spacial score (nSPS) is 11.2. The molecule has 4 rings (SSSR count). The monoisotopic (exact) mass is 378 g/mol. The molecule has 142 valence electrons. The fourth-order valence-electron chi connectivity index (χ4n) is 3.18. The molecule has 0 saturated heterocycles. The van der Waals surface area contributed by atoms with Crippen LogP contribution in [-0.4, -0.2) is 20.4 Å². The maximum atomic E-state index is 12.9. The van der Waals surface area contributed by atoms with E-state index in [1.165, 1.54) is 23.0 Å². The summed E-state index contributed by atoms with van der Waals surface area (Å²) >= 11 is 0. The summed E-state index contributed by atoms with van der Waals surface area (Å²) in [5.74, 6) is -0.506. The van der Waals surface area contributed by atoms with Crippen molar-refractivity contribution in [1.29, 1.82) is 0 Å². The van der Waals surface area contributed by atoms with Crippen LogP contribution in [0.25, 0.3) is 21.9 Å². The number of aromatic nitrogens is 3. The van der Waals surface area contributed by atoms with E-state index in [0.717, 1.165) is 22.0 Å². The number of hydrogen-bond donors (Lipinski definition) is 2. The topological polar surface area (TPSA) is 79.8 Å². The number of nitrogens with one attached hydrogen (secondary N) is 2. The van der Waals surface area contributed by atoms with Gasteiger partial charge in [-0.25, -0.2) is 9.37 Å². The molecule has 6 nitrogen and oxygen atoms in total. The van der Waals surface area contributed by atoms with Crippen molar-refractivity contribution in [3.8, 4) is 0 Å². The Morgan fingerprint density at radius 3 is 2.79 bits per heavy atom. The van der Waals surface area contributed by atoms with Gasteiger partial charge < -0.3 is 10.3 Å². The number of benzene rings is 2. The van der Waals surface area contributed by atoms with Gasteiger partial charge >= 0.3 is 0 Å². The smallest absolute Gasteiger partial charge is 0.277 e. The zero-order valence-corrected chi connectivity index (χ0v) is 15.3. The van der Waals surface area contributed by atoms with E-state index in [4.69, 9.17) is 0 Å². The highest BCUT2D eigenvalue weighted by molar-refractivity contribution is 6.04. The standard InChI is InChI=1S/C21H19FN4O2/c1-13-2-7-17-16(10-13)19-20(25-17)21(28)26(12-24-19)9-8-18(27)23-11-14-3-5-15(22)6-4-14/h2-7,10,12,25H,8-9,11H2,1H3,(H,23,27). The molecule has 7 heteroatoms. The molecule has 0 spiro atoms. The molecule has 1 amide bonds. The molecule has 0 fully saturated rings. The highest BCUT2D eigenvalue weighted by atomic mass is 19.1. The second-order valence-corrected chi connectivity index (χ2v) is 6.79. The Morgan fingerprint density at radius 1 is 1.21 bits per heavy atom. The van der Waals surface area contributed by atoms with Gasteiger partial charge in [-0.3, -0.25) is 14.2 Å². The highest BCUT2D eigenvalue weighted by Crippen LogP contribution is 2.22. The summed E-state index contributed by atoms with van der Waals surface area (Å²) in [5, 5.41) is 3.68. The Kier molecular flexibility index (Phi) is 4.65. The number of aryl methyl sites for hydroxylation is 2. The van der Waals surface area contributed by atoms with Gasteiger partial charge in [0.1, 0.15) is 16.9 Å². The summed E-state index contributed by atoms with van der Waals surface area (Å²) in [4.78, 5) is 32.4. The summed E-state index contributed by atoms with van der Waals surface area (Å²) in [5.41, 5.74) is 3.64. The van der Waals surface area contributed by atoms with Crippen LogP contribution in [0.1, 0.15) is 17.5 Å². The van der Waals surface area contributed by atoms with Crippen molar-refractivity contribution in [2.24, 2.45) is 0 Å². The van der Waals surface area contributed by atoms with Crippen molar-refractivity contribution in [2.45, 2.75) is 26.4 Å². The molecule has 0 aliphatic heterocycles. The van der Waals surface area contributed by atoms with E-state index in [1.54, 1.807) is 12.1 Å². The van der Waals surface area contributed by atoms with Crippen molar-refractivity contribution < 1.29 is 9.18 Å². The number of rotatable bonds is 5. The molecule has 0 aliphatic carbocycles. The summed E-state index contributed by atoms with van der Waals surface area (Å²) in [6.07, 6.45) is 1.63. The number of amides is 1. The van der Waals surface area contributed by atoms with Gasteiger partial charge in [-0.1, -0.05) is 23.8 Å². The third-order valence-electron chi connectivity index (χ3n) is 4.71. The molecular formula is C21H19FN4O2. The first-order chi connectivity index (χ1) is 13.5. The zero-order valence-electron chi connectivity index (χ0n) is 15.3. The van der Waals surface area contributed by atoms with Crippen molar-refractivity contribution in [1.82, 2.24) is 19.9 Å². The first kappa shape index (κ1) is 17.9. The lowest BCUT2D eigenvalue weighted by molar-refractivity contribution is -0.121. The van der Waals surface area contributed by atoms with Crippen molar-refractivity contribution >= 4 is 27.8 Å². The van der Waals surface area contributed by atoms with Gasteiger partial charge in [0.25, 0.3) is 5.56 Å². The van der Waals surface area contributed by atoms with Crippen LogP contribution >= 0.6 is 0 Å². The first-order valence-electron chi connectivity index (χ1n) is 9.00. The number of carbonyl (C=O) groups is 1. The van der Waals surface area contributed by atoms with Crippen LogP contribution < -0.4 is 10.9 Å². The van der Waals surface area contributed by atoms with Crippen LogP contribution in [0.2, 0.25) is 0 Å². The molecule has 2 aromatic heterocycles. The summed E-state index contributed by atoms with van der Waals surface area (Å²) in [7, 11) is 0. The Bertz CT molecular complexity index is 1230. The van der Waals surface area contributed by atoms with Gasteiger partial charge in [-0.15, -0.1) is 0 Å². The fraction of sp³-hybridized carbons (Fsp3) is 0.190. The molecule has 28 heavy (non-hydrogen) atoms. The Hall–Kier alpha value is -3.48. The van der Waals surface area contributed by atoms with Crippen molar-refractivity contribution in [3.05, 3.63) is 76.1 Å². The molecule has 2 aromatic carbocycles. The largest absolute Gasteiger partial charge is 0.352 e. The summed E-state index contributed by atoms with van der Waals surface area (Å²) < 4.78 is 14.3. The third kappa shape index (κ3) is 3.51. The quantitative estimate of drug-likeness (QED) is 0.560. The van der Waals surface area contributed by atoms with E-state index in [0.29, 0.717) is 17.6 Å². The maximum Gasteiger partial charge on any atom is 0.277 e. The van der Waals surface area contributed by atoms with E-state index in [2.05, 4.69) is 15.3 Å². The molecule has 0 unspecified atom stereocenters. The molecule has 2 heterocycles. The summed E-state index contributed by atoms with van der Waals surface area (Å²) in [6.45, 7) is 2.53. The lowest BCUT2D eigenvalue weighted by Gasteiger charge is -2.07. The third-order valence-corrected chi connectivity index (χ3v) is 4.71. The van der Waals surface area contributed by atoms with Crippen molar-refractivity contribution in [2.75, 3.05) is 0 Å². The number of nitrogens with zero attached hydrogens (tertiary/aromatic N) is 2. The number of fused-ring (bicyclic) bond motifs is 3. The number of aromatic amines is 1. The number of H-pyrrole nitrogens is 1. The van der Waals surface area contributed by atoms with E-state index in [-0.39, 0.29) is 30.2 Å². The lowest BCUT2D eigenvalue weighted by Crippen LogP contribution is -2.27. The Morgan fingerprint density at radius 2 is 2.00 bits per heavy atom. The molecule has 0 saturated carbocycles. The second-order valence-electron chi connectivity index (χ2n) is 6.79. The van der Waals surface area contributed by atoms with Gasteiger partial charge in [0.05, 0.1) is 6.33 Å². The molecule has 2 N–H and O–H groups in total. The van der Waals surface area contributed by atoms with Crippen LogP contribution in [0.15, 0.2) is 53.6 Å². The minimum atomic E-state index is -0.315. The fourth-order valence-corrected chi connectivity index (χ4v) is 3.18. The van der Waals surface area contributed by atoms with Crippen molar-refractivity contribution in [3.63, 3.8) is 0 Å². The Balaban J connectivity index is 1.46. The Labute approximate surface area is 160 Å². The molecule has 0 aliphatic rings. The van der Waals surface area contributed by atoms with Crippen LogP contribution in [0.5, 0.6) is 0 Å². The van der Waals surface area contributed by atoms with E-state index >= 15 is 0 Å². The van der Waals surface area contributed by atoms with E-state index in [1.807, 2.05) is 25.1 Å². The van der Waals surface area contributed by atoms with E-state index < -0.39 is 0 Å². The number of carbonyl (C=O) groups excluding carboxylic acids is 1. The zero-order chi connectivity index (χ0) is 19.7. The van der Waals surface area contributed by atoms with Gasteiger partial charge in [-0.2, -0.15) is 0 Å². The van der Waals surface area contributed by atoms with Gasteiger partial charge in [-0.05, 0) is 36.8 Å². The van der Waals surface area contributed by atoms with Crippen LogP contribution in [0.4, 0.5) is 4.39 Å². The average molecular weight is 378 g/mol. The first-order valence-corrected chi connectivity index (χ1v) is 9.00. The molecule has 0 atom stereocenters. The molecule has 0 bridgehead atoms. The minimum absolute atomic E-state index is 0.146. The average Bonchev–Trinajstić information content (AvgIpc) is 3.06. The van der Waals surface area contributed by atoms with Gasteiger partial charge in [0.2, 0.25) is 5.91 Å². The second kappa shape index (κ2) is 7.26. The molecule has 4 aromatic rings. The molecular weight excluding hydrogens is 359 g/mol.